The van der Waals surface area contributed by atoms with E-state index in [0.717, 1.165) is 13.2 Å². The molecule has 1 heterocycles. The Labute approximate surface area is 98.0 Å². The second-order valence-electron chi connectivity index (χ2n) is 4.80. The fraction of sp³-hybridized carbons (Fsp3) is 0.571. The average Bonchev–Trinajstić information content (AvgIpc) is 2.25. The Morgan fingerprint density at radius 2 is 1.81 bits per heavy atom. The molecule has 1 aromatic carbocycles. The first kappa shape index (κ1) is 11.6. The van der Waals surface area contributed by atoms with Crippen LogP contribution in [-0.2, 0) is 4.74 Å². The predicted molar refractivity (Wildman–Crippen MR) is 66.8 cm³/mol. The number of benzene rings is 1. The van der Waals surface area contributed by atoms with Gasteiger partial charge in [-0.3, -0.25) is 0 Å². The van der Waals surface area contributed by atoms with Gasteiger partial charge in [0.05, 0.1) is 18.8 Å². The van der Waals surface area contributed by atoms with E-state index in [1.807, 2.05) is 0 Å². The summed E-state index contributed by atoms with van der Waals surface area (Å²) in [5.41, 5.74) is 5.47. The van der Waals surface area contributed by atoms with Gasteiger partial charge in [0.15, 0.2) is 0 Å². The second-order valence-corrected chi connectivity index (χ2v) is 4.80. The van der Waals surface area contributed by atoms with Crippen LogP contribution in [-0.4, -0.2) is 19.3 Å². The fourth-order valence-corrected chi connectivity index (χ4v) is 2.40. The number of nitrogens with one attached hydrogen (secondary N) is 1. The first-order chi connectivity index (χ1) is 7.59. The van der Waals surface area contributed by atoms with Crippen LogP contribution in [0.5, 0.6) is 0 Å². The zero-order valence-electron chi connectivity index (χ0n) is 10.6. The normalized spacial score (nSPS) is 25.8. The lowest BCUT2D eigenvalue weighted by Gasteiger charge is -2.32. The van der Waals surface area contributed by atoms with Crippen LogP contribution < -0.4 is 5.32 Å². The Morgan fingerprint density at radius 1 is 1.12 bits per heavy atom. The lowest BCUT2D eigenvalue weighted by atomic mass is 9.93. The predicted octanol–water partition coefficient (Wildman–Crippen LogP) is 2.66. The van der Waals surface area contributed by atoms with E-state index in [1.165, 1.54) is 22.3 Å². The summed E-state index contributed by atoms with van der Waals surface area (Å²) in [4.78, 5) is 0. The molecule has 1 fully saturated rings. The molecule has 0 spiro atoms. The summed E-state index contributed by atoms with van der Waals surface area (Å²) in [5.74, 6) is 0. The maximum atomic E-state index is 5.71. The topological polar surface area (TPSA) is 21.3 Å². The number of rotatable bonds is 1. The zero-order valence-corrected chi connectivity index (χ0v) is 10.6. The van der Waals surface area contributed by atoms with Gasteiger partial charge in [0.1, 0.15) is 0 Å². The maximum absolute atomic E-state index is 5.71. The number of aryl methyl sites for hydroxylation is 3. The first-order valence-corrected chi connectivity index (χ1v) is 6.02. The molecule has 2 rings (SSSR count). The van der Waals surface area contributed by atoms with Gasteiger partial charge in [-0.05, 0) is 49.9 Å². The summed E-state index contributed by atoms with van der Waals surface area (Å²) in [6.07, 6.45) is 0.259. The molecule has 2 unspecified atom stereocenters. The van der Waals surface area contributed by atoms with Crippen molar-refractivity contribution in [3.63, 3.8) is 0 Å². The molecule has 2 heteroatoms. The molecule has 0 aromatic heterocycles. The second kappa shape index (κ2) is 4.56. The molecule has 16 heavy (non-hydrogen) atoms. The fourth-order valence-electron chi connectivity index (χ4n) is 2.40. The highest BCUT2D eigenvalue weighted by Gasteiger charge is 2.24. The van der Waals surface area contributed by atoms with Gasteiger partial charge >= 0.3 is 0 Å². The van der Waals surface area contributed by atoms with Gasteiger partial charge in [-0.2, -0.15) is 0 Å². The molecule has 1 saturated heterocycles. The van der Waals surface area contributed by atoms with Crippen LogP contribution in [0.15, 0.2) is 12.1 Å². The molecule has 0 saturated carbocycles. The summed E-state index contributed by atoms with van der Waals surface area (Å²) < 4.78 is 5.71. The van der Waals surface area contributed by atoms with Crippen LogP contribution >= 0.6 is 0 Å². The van der Waals surface area contributed by atoms with Crippen LogP contribution in [0.1, 0.15) is 35.2 Å². The van der Waals surface area contributed by atoms with E-state index in [1.54, 1.807) is 0 Å². The van der Waals surface area contributed by atoms with E-state index in [9.17, 15) is 0 Å². The van der Waals surface area contributed by atoms with Crippen molar-refractivity contribution < 1.29 is 4.74 Å². The minimum Gasteiger partial charge on any atom is -0.375 e. The van der Waals surface area contributed by atoms with E-state index in [0.29, 0.717) is 6.04 Å². The largest absolute Gasteiger partial charge is 0.375 e. The number of hydrogen-bond donors (Lipinski definition) is 1. The molecular weight excluding hydrogens is 198 g/mol. The summed E-state index contributed by atoms with van der Waals surface area (Å²) >= 11 is 0. The highest BCUT2D eigenvalue weighted by atomic mass is 16.5. The summed E-state index contributed by atoms with van der Waals surface area (Å²) in [6, 6.07) is 4.91. The van der Waals surface area contributed by atoms with E-state index < -0.39 is 0 Å². The smallest absolute Gasteiger partial charge is 0.0742 e. The molecule has 1 aliphatic rings. The Bertz CT molecular complexity index is 387. The lowest BCUT2D eigenvalue weighted by Crippen LogP contribution is -2.40. The number of morpholine rings is 1. The Balaban J connectivity index is 2.35. The first-order valence-electron chi connectivity index (χ1n) is 6.02. The van der Waals surface area contributed by atoms with Crippen LogP contribution in [0.3, 0.4) is 0 Å². The van der Waals surface area contributed by atoms with Crippen molar-refractivity contribution in [2.75, 3.05) is 13.2 Å². The third kappa shape index (κ3) is 2.13. The van der Waals surface area contributed by atoms with Crippen LogP contribution in [0.2, 0.25) is 0 Å². The molecular formula is C14H21NO. The van der Waals surface area contributed by atoms with Gasteiger partial charge in [0.25, 0.3) is 0 Å². The van der Waals surface area contributed by atoms with Crippen molar-refractivity contribution in [3.8, 4) is 0 Å². The van der Waals surface area contributed by atoms with E-state index in [-0.39, 0.29) is 6.10 Å². The van der Waals surface area contributed by atoms with E-state index in [4.69, 9.17) is 4.74 Å². The Hall–Kier alpha value is -0.860. The van der Waals surface area contributed by atoms with Gasteiger partial charge in [-0.25, -0.2) is 0 Å². The van der Waals surface area contributed by atoms with Crippen molar-refractivity contribution in [2.24, 2.45) is 0 Å². The minimum atomic E-state index is 0.259. The van der Waals surface area contributed by atoms with E-state index in [2.05, 4.69) is 45.1 Å². The van der Waals surface area contributed by atoms with Crippen molar-refractivity contribution in [1.29, 1.82) is 0 Å². The van der Waals surface area contributed by atoms with Crippen molar-refractivity contribution in [3.05, 3.63) is 34.4 Å². The zero-order chi connectivity index (χ0) is 11.7. The van der Waals surface area contributed by atoms with E-state index >= 15 is 0 Å². The SMILES string of the molecule is Cc1cc(C)c(C2NCCOC2C)cc1C. The van der Waals surface area contributed by atoms with Crippen molar-refractivity contribution >= 4 is 0 Å². The minimum absolute atomic E-state index is 0.259. The molecule has 0 amide bonds. The van der Waals surface area contributed by atoms with Gasteiger partial charge in [0.2, 0.25) is 0 Å². The number of hydrogen-bond acceptors (Lipinski definition) is 2. The molecule has 0 radical (unpaired) electrons. The molecule has 2 atom stereocenters. The molecule has 88 valence electrons. The molecule has 0 bridgehead atoms. The van der Waals surface area contributed by atoms with Crippen LogP contribution in [0.25, 0.3) is 0 Å². The maximum Gasteiger partial charge on any atom is 0.0742 e. The molecule has 1 aromatic rings. The van der Waals surface area contributed by atoms with Gasteiger partial charge in [-0.1, -0.05) is 12.1 Å². The third-order valence-electron chi connectivity index (χ3n) is 3.53. The van der Waals surface area contributed by atoms with Gasteiger partial charge in [0, 0.05) is 6.54 Å². The van der Waals surface area contributed by atoms with Gasteiger partial charge < -0.3 is 10.1 Å². The summed E-state index contributed by atoms with van der Waals surface area (Å²) in [7, 11) is 0. The average molecular weight is 219 g/mol. The van der Waals surface area contributed by atoms with Crippen molar-refractivity contribution in [2.45, 2.75) is 39.8 Å². The molecule has 2 nitrogen and oxygen atoms in total. The quantitative estimate of drug-likeness (QED) is 0.784. The lowest BCUT2D eigenvalue weighted by molar-refractivity contribution is 0.00737. The standard InChI is InChI=1S/C14H21NO/c1-9-7-11(3)13(8-10(9)2)14-12(4)16-6-5-15-14/h7-8,12,14-15H,5-6H2,1-4H3. The van der Waals surface area contributed by atoms with Crippen LogP contribution in [0, 0.1) is 20.8 Å². The number of ether oxygens (including phenoxy) is 1. The van der Waals surface area contributed by atoms with Crippen molar-refractivity contribution in [1.82, 2.24) is 5.32 Å². The molecule has 1 N–H and O–H groups in total. The Morgan fingerprint density at radius 3 is 2.50 bits per heavy atom. The highest BCUT2D eigenvalue weighted by molar-refractivity contribution is 5.38. The molecule has 0 aliphatic carbocycles. The summed E-state index contributed by atoms with van der Waals surface area (Å²) in [6.45, 7) is 10.4. The highest BCUT2D eigenvalue weighted by Crippen LogP contribution is 2.26. The molecule has 1 aliphatic heterocycles. The monoisotopic (exact) mass is 219 g/mol. The van der Waals surface area contributed by atoms with Gasteiger partial charge in [-0.15, -0.1) is 0 Å². The summed E-state index contributed by atoms with van der Waals surface area (Å²) in [5, 5.41) is 3.55. The van der Waals surface area contributed by atoms with Crippen LogP contribution in [0.4, 0.5) is 0 Å². The Kier molecular flexibility index (Phi) is 3.31. The third-order valence-corrected chi connectivity index (χ3v) is 3.53.